The Morgan fingerprint density at radius 3 is 2.33 bits per heavy atom. The predicted octanol–water partition coefficient (Wildman–Crippen LogP) is 4.64. The van der Waals surface area contributed by atoms with Gasteiger partial charge in [0, 0.05) is 12.3 Å². The molecule has 1 atom stereocenters. The predicted molar refractivity (Wildman–Crippen MR) is 86.2 cm³/mol. The van der Waals surface area contributed by atoms with E-state index >= 15 is 0 Å². The number of anilines is 1. The third-order valence-electron chi connectivity index (χ3n) is 3.51. The van der Waals surface area contributed by atoms with Gasteiger partial charge in [0.2, 0.25) is 0 Å². The Morgan fingerprint density at radius 1 is 1.17 bits per heavy atom. The monoisotopic (exact) mass is 347 g/mol. The molecule has 1 amide bonds. The zero-order valence-electron chi connectivity index (χ0n) is 14.4. The van der Waals surface area contributed by atoms with Crippen LogP contribution in [0.3, 0.4) is 0 Å². The number of amides is 1. The van der Waals surface area contributed by atoms with Gasteiger partial charge in [-0.1, -0.05) is 13.3 Å². The van der Waals surface area contributed by atoms with Crippen LogP contribution < -0.4 is 10.1 Å². The topological polar surface area (TPSA) is 47.6 Å². The van der Waals surface area contributed by atoms with E-state index in [-0.39, 0.29) is 18.0 Å². The first-order chi connectivity index (χ1) is 11.2. The molecule has 0 saturated heterocycles. The van der Waals surface area contributed by atoms with E-state index in [0.717, 1.165) is 6.07 Å². The fourth-order valence-electron chi connectivity index (χ4n) is 2.42. The minimum atomic E-state index is -4.57. The summed E-state index contributed by atoms with van der Waals surface area (Å²) in [7, 11) is 0. The van der Waals surface area contributed by atoms with Gasteiger partial charge in [-0.3, -0.25) is 4.79 Å². The highest BCUT2D eigenvalue weighted by molar-refractivity contribution is 5.97. The third kappa shape index (κ3) is 5.12. The molecule has 0 aliphatic rings. The Labute approximate surface area is 140 Å². The highest BCUT2D eigenvalue weighted by Crippen LogP contribution is 2.38. The minimum Gasteiger partial charge on any atom is -0.493 e. The summed E-state index contributed by atoms with van der Waals surface area (Å²) in [5.41, 5.74) is -1.95. The Balaban J connectivity index is 3.08. The van der Waals surface area contributed by atoms with Crippen molar-refractivity contribution in [2.75, 3.05) is 18.5 Å². The zero-order valence-corrected chi connectivity index (χ0v) is 14.4. The number of benzene rings is 1. The molecular weight excluding hydrogens is 323 g/mol. The summed E-state index contributed by atoms with van der Waals surface area (Å²) in [5.74, 6) is -0.729. The van der Waals surface area contributed by atoms with Gasteiger partial charge in [-0.25, -0.2) is 0 Å². The number of carbonyl (C=O) groups excluding carboxylic acids is 1. The number of carbonyl (C=O) groups is 1. The number of halogens is 3. The van der Waals surface area contributed by atoms with Crippen molar-refractivity contribution in [2.45, 2.75) is 52.3 Å². The minimum absolute atomic E-state index is 0.0535. The molecule has 0 aliphatic carbocycles. The molecule has 1 unspecified atom stereocenters. The van der Waals surface area contributed by atoms with E-state index in [1.807, 2.05) is 6.92 Å². The van der Waals surface area contributed by atoms with E-state index in [1.165, 1.54) is 12.1 Å². The number of alkyl halides is 3. The normalized spacial score (nSPS) is 14.1. The van der Waals surface area contributed by atoms with Crippen molar-refractivity contribution in [3.8, 4) is 5.75 Å². The van der Waals surface area contributed by atoms with Gasteiger partial charge in [0.25, 0.3) is 5.91 Å². The van der Waals surface area contributed by atoms with E-state index < -0.39 is 23.2 Å². The van der Waals surface area contributed by atoms with E-state index in [0.29, 0.717) is 19.4 Å². The number of nitrogens with one attached hydrogen (secondary N) is 1. The molecule has 0 heterocycles. The molecule has 0 aromatic heterocycles. The molecule has 1 aromatic rings. The summed E-state index contributed by atoms with van der Waals surface area (Å²) in [5, 5.41) is 2.51. The van der Waals surface area contributed by atoms with Gasteiger partial charge in [0.1, 0.15) is 11.4 Å². The molecule has 0 radical (unpaired) electrons. The third-order valence-corrected chi connectivity index (χ3v) is 3.51. The first-order valence-electron chi connectivity index (χ1n) is 7.97. The number of rotatable bonds is 8. The van der Waals surface area contributed by atoms with Gasteiger partial charge in [0.15, 0.2) is 0 Å². The number of ether oxygens (including phenoxy) is 2. The molecule has 7 heteroatoms. The van der Waals surface area contributed by atoms with Gasteiger partial charge in [0.05, 0.1) is 12.2 Å². The number of hydrogen-bond donors (Lipinski definition) is 1. The standard InChI is InChI=1S/C17H24F3NO3/c1-5-10-16(4,24-7-3)15(22)21-12-8-9-14(23-6-2)13(11-12)17(18,19)20/h8-9,11H,5-7,10H2,1-4H3,(H,21,22). The van der Waals surface area contributed by atoms with Crippen LogP contribution in [0, 0.1) is 0 Å². The molecule has 24 heavy (non-hydrogen) atoms. The lowest BCUT2D eigenvalue weighted by atomic mass is 9.99. The average Bonchev–Trinajstić information content (AvgIpc) is 2.48. The second-order valence-electron chi connectivity index (χ2n) is 5.51. The van der Waals surface area contributed by atoms with Gasteiger partial charge < -0.3 is 14.8 Å². The summed E-state index contributed by atoms with van der Waals surface area (Å²) < 4.78 is 50.0. The second-order valence-corrected chi connectivity index (χ2v) is 5.51. The smallest absolute Gasteiger partial charge is 0.420 e. The lowest BCUT2D eigenvalue weighted by molar-refractivity contribution is -0.140. The van der Waals surface area contributed by atoms with E-state index in [1.54, 1.807) is 20.8 Å². The fourth-order valence-corrected chi connectivity index (χ4v) is 2.42. The first-order valence-corrected chi connectivity index (χ1v) is 7.97. The maximum absolute atomic E-state index is 13.1. The summed E-state index contributed by atoms with van der Waals surface area (Å²) in [6.45, 7) is 7.36. The molecule has 0 fully saturated rings. The summed E-state index contributed by atoms with van der Waals surface area (Å²) in [6, 6.07) is 3.47. The molecule has 0 spiro atoms. The molecular formula is C17H24F3NO3. The van der Waals surface area contributed by atoms with Crippen LogP contribution in [0.5, 0.6) is 5.75 Å². The Hall–Kier alpha value is -1.76. The molecule has 0 aliphatic heterocycles. The second kappa shape index (κ2) is 8.37. The summed E-state index contributed by atoms with van der Waals surface area (Å²) in [6.07, 6.45) is -3.39. The van der Waals surface area contributed by atoms with Crippen LogP contribution in [-0.4, -0.2) is 24.7 Å². The SMILES string of the molecule is CCCC(C)(OCC)C(=O)Nc1ccc(OCC)c(C(F)(F)F)c1. The van der Waals surface area contributed by atoms with E-state index in [9.17, 15) is 18.0 Å². The van der Waals surface area contributed by atoms with Crippen molar-refractivity contribution in [2.24, 2.45) is 0 Å². The van der Waals surface area contributed by atoms with Crippen molar-refractivity contribution < 1.29 is 27.4 Å². The number of hydrogen-bond acceptors (Lipinski definition) is 3. The summed E-state index contributed by atoms with van der Waals surface area (Å²) >= 11 is 0. The van der Waals surface area contributed by atoms with Crippen LogP contribution in [-0.2, 0) is 15.7 Å². The largest absolute Gasteiger partial charge is 0.493 e. The fraction of sp³-hybridized carbons (Fsp3) is 0.588. The lowest BCUT2D eigenvalue weighted by Crippen LogP contribution is -2.42. The zero-order chi connectivity index (χ0) is 18.4. The Kier molecular flexibility index (Phi) is 7.08. The Morgan fingerprint density at radius 2 is 1.83 bits per heavy atom. The van der Waals surface area contributed by atoms with Crippen molar-refractivity contribution >= 4 is 11.6 Å². The van der Waals surface area contributed by atoms with Crippen LogP contribution in [0.1, 0.15) is 46.1 Å². The average molecular weight is 347 g/mol. The van der Waals surface area contributed by atoms with Crippen LogP contribution in [0.15, 0.2) is 18.2 Å². The van der Waals surface area contributed by atoms with Crippen LogP contribution in [0.4, 0.5) is 18.9 Å². The van der Waals surface area contributed by atoms with Gasteiger partial charge in [-0.15, -0.1) is 0 Å². The van der Waals surface area contributed by atoms with Crippen molar-refractivity contribution in [1.29, 1.82) is 0 Å². The maximum atomic E-state index is 13.1. The van der Waals surface area contributed by atoms with E-state index in [2.05, 4.69) is 5.32 Å². The molecule has 0 saturated carbocycles. The molecule has 1 rings (SSSR count). The maximum Gasteiger partial charge on any atom is 0.420 e. The van der Waals surface area contributed by atoms with E-state index in [4.69, 9.17) is 9.47 Å². The van der Waals surface area contributed by atoms with Crippen molar-refractivity contribution in [3.05, 3.63) is 23.8 Å². The van der Waals surface area contributed by atoms with Crippen molar-refractivity contribution in [3.63, 3.8) is 0 Å². The highest BCUT2D eigenvalue weighted by Gasteiger charge is 2.36. The first kappa shape index (κ1) is 20.3. The summed E-state index contributed by atoms with van der Waals surface area (Å²) in [4.78, 5) is 12.4. The van der Waals surface area contributed by atoms with Crippen LogP contribution in [0.25, 0.3) is 0 Å². The molecule has 136 valence electrons. The van der Waals surface area contributed by atoms with Gasteiger partial charge in [-0.05, 0) is 45.4 Å². The van der Waals surface area contributed by atoms with Crippen LogP contribution in [0.2, 0.25) is 0 Å². The lowest BCUT2D eigenvalue weighted by Gasteiger charge is -2.28. The van der Waals surface area contributed by atoms with Crippen molar-refractivity contribution in [1.82, 2.24) is 0 Å². The Bertz CT molecular complexity index is 553. The van der Waals surface area contributed by atoms with Crippen LogP contribution >= 0.6 is 0 Å². The highest BCUT2D eigenvalue weighted by atomic mass is 19.4. The quantitative estimate of drug-likeness (QED) is 0.745. The molecule has 1 N–H and O–H groups in total. The molecule has 1 aromatic carbocycles. The van der Waals surface area contributed by atoms with Gasteiger partial charge in [-0.2, -0.15) is 13.2 Å². The van der Waals surface area contributed by atoms with Gasteiger partial charge >= 0.3 is 6.18 Å². The molecule has 0 bridgehead atoms. The molecule has 4 nitrogen and oxygen atoms in total.